The zero-order valence-corrected chi connectivity index (χ0v) is 17.3. The molecule has 0 heterocycles. The van der Waals surface area contributed by atoms with Crippen molar-refractivity contribution in [3.05, 3.63) is 35.4 Å². The molecule has 24 heavy (non-hydrogen) atoms. The van der Waals surface area contributed by atoms with Gasteiger partial charge in [-0.05, 0) is 40.9 Å². The molecule has 132 valence electrons. The number of hydrogen-bond donors (Lipinski definition) is 0. The highest BCUT2D eigenvalue weighted by atomic mass is 28.3. The first kappa shape index (κ1) is 20.5. The normalized spacial score (nSPS) is 11.6. The van der Waals surface area contributed by atoms with Crippen LogP contribution in [0.1, 0.15) is 57.5 Å². The van der Waals surface area contributed by atoms with Gasteiger partial charge in [0, 0.05) is 18.2 Å². The molecule has 1 aromatic rings. The van der Waals surface area contributed by atoms with E-state index in [0.29, 0.717) is 22.2 Å². The maximum Gasteiger partial charge on any atom is 0.277 e. The molecule has 0 fully saturated rings. The predicted octanol–water partition coefficient (Wildman–Crippen LogP) is 4.89. The third-order valence-corrected chi connectivity index (χ3v) is 11.3. The van der Waals surface area contributed by atoms with Crippen molar-refractivity contribution in [2.45, 2.75) is 58.2 Å². The lowest BCUT2D eigenvalue weighted by atomic mass is 10.1. The molecule has 0 saturated heterocycles. The molecular weight excluding hydrogens is 314 g/mol. The fraction of sp³-hybridized carbons (Fsp3) is 0.550. The standard InChI is InChI=1S/C20H31NO2Si/c1-15(2)24(16(3)4,17(5)6)14-13-18-9-11-19(12-10-18)20(22)21(7)23-8/h9-12,15-17H,1-8H3. The predicted molar refractivity (Wildman–Crippen MR) is 103 cm³/mol. The first-order valence-electron chi connectivity index (χ1n) is 8.62. The molecule has 0 bridgehead atoms. The number of hydrogen-bond acceptors (Lipinski definition) is 2. The average Bonchev–Trinajstić information content (AvgIpc) is 2.53. The van der Waals surface area contributed by atoms with Gasteiger partial charge in [0.25, 0.3) is 5.91 Å². The number of rotatable bonds is 5. The van der Waals surface area contributed by atoms with Crippen molar-refractivity contribution < 1.29 is 9.63 Å². The molecule has 1 amide bonds. The minimum Gasteiger partial charge on any atom is -0.274 e. The van der Waals surface area contributed by atoms with Crippen LogP contribution in [0, 0.1) is 11.5 Å². The number of nitrogens with zero attached hydrogens (tertiary/aromatic N) is 1. The van der Waals surface area contributed by atoms with Crippen LogP contribution in [-0.4, -0.2) is 33.2 Å². The minimum absolute atomic E-state index is 0.160. The molecular formula is C20H31NO2Si. The molecule has 0 radical (unpaired) electrons. The summed E-state index contributed by atoms with van der Waals surface area (Å²) in [6, 6.07) is 7.46. The van der Waals surface area contributed by atoms with Gasteiger partial charge in [-0.2, -0.15) is 0 Å². The summed E-state index contributed by atoms with van der Waals surface area (Å²) in [6.07, 6.45) is 0. The lowest BCUT2D eigenvalue weighted by Gasteiger charge is -2.38. The van der Waals surface area contributed by atoms with E-state index in [9.17, 15) is 4.79 Å². The fourth-order valence-corrected chi connectivity index (χ4v) is 8.80. The van der Waals surface area contributed by atoms with Crippen molar-refractivity contribution in [2.24, 2.45) is 0 Å². The van der Waals surface area contributed by atoms with E-state index < -0.39 is 8.07 Å². The van der Waals surface area contributed by atoms with E-state index in [1.807, 2.05) is 24.3 Å². The van der Waals surface area contributed by atoms with Crippen LogP contribution in [0.2, 0.25) is 16.6 Å². The summed E-state index contributed by atoms with van der Waals surface area (Å²) in [5.74, 6) is 3.23. The van der Waals surface area contributed by atoms with Gasteiger partial charge >= 0.3 is 0 Å². The molecule has 0 aliphatic carbocycles. The number of carbonyl (C=O) groups is 1. The van der Waals surface area contributed by atoms with Crippen molar-refractivity contribution in [3.63, 3.8) is 0 Å². The zero-order valence-electron chi connectivity index (χ0n) is 16.3. The van der Waals surface area contributed by atoms with Gasteiger partial charge in [0.1, 0.15) is 8.07 Å². The summed E-state index contributed by atoms with van der Waals surface area (Å²) in [7, 11) is 1.35. The quantitative estimate of drug-likeness (QED) is 0.432. The van der Waals surface area contributed by atoms with Crippen molar-refractivity contribution >= 4 is 14.0 Å². The summed E-state index contributed by atoms with van der Waals surface area (Å²) < 4.78 is 0. The molecule has 3 nitrogen and oxygen atoms in total. The Hall–Kier alpha value is -1.57. The number of amides is 1. The number of carbonyl (C=O) groups excluding carboxylic acids is 1. The Bertz CT molecular complexity index is 587. The Balaban J connectivity index is 3.13. The Morgan fingerprint density at radius 2 is 1.46 bits per heavy atom. The van der Waals surface area contributed by atoms with Crippen molar-refractivity contribution in [1.29, 1.82) is 0 Å². The number of hydroxylamine groups is 2. The first-order chi connectivity index (χ1) is 11.2. The van der Waals surface area contributed by atoms with Crippen molar-refractivity contribution in [2.75, 3.05) is 14.2 Å². The minimum atomic E-state index is -1.73. The van der Waals surface area contributed by atoms with Crippen LogP contribution in [0.15, 0.2) is 24.3 Å². The summed E-state index contributed by atoms with van der Waals surface area (Å²) in [5, 5.41) is 1.22. The van der Waals surface area contributed by atoms with Crippen LogP contribution >= 0.6 is 0 Å². The maximum absolute atomic E-state index is 12.0. The topological polar surface area (TPSA) is 29.5 Å². The maximum atomic E-state index is 12.0. The zero-order chi connectivity index (χ0) is 18.5. The van der Waals surface area contributed by atoms with E-state index in [2.05, 4.69) is 53.0 Å². The van der Waals surface area contributed by atoms with E-state index in [1.165, 1.54) is 12.2 Å². The summed E-state index contributed by atoms with van der Waals surface area (Å²) in [4.78, 5) is 17.0. The van der Waals surface area contributed by atoms with Gasteiger partial charge < -0.3 is 0 Å². The summed E-state index contributed by atoms with van der Waals surface area (Å²) >= 11 is 0. The van der Waals surface area contributed by atoms with Crippen LogP contribution in [0.25, 0.3) is 0 Å². The summed E-state index contributed by atoms with van der Waals surface area (Å²) in [6.45, 7) is 13.9. The van der Waals surface area contributed by atoms with Gasteiger partial charge in [-0.15, -0.1) is 5.54 Å². The summed E-state index contributed by atoms with van der Waals surface area (Å²) in [5.41, 5.74) is 7.10. The van der Waals surface area contributed by atoms with Crippen molar-refractivity contribution in [1.82, 2.24) is 5.06 Å². The molecule has 0 atom stereocenters. The van der Waals surface area contributed by atoms with Gasteiger partial charge in [0.15, 0.2) is 0 Å². The third-order valence-electron chi connectivity index (χ3n) is 4.98. The van der Waals surface area contributed by atoms with Crippen LogP contribution in [0.4, 0.5) is 0 Å². The molecule has 1 aromatic carbocycles. The van der Waals surface area contributed by atoms with Gasteiger partial charge in [-0.3, -0.25) is 9.63 Å². The molecule has 0 aromatic heterocycles. The monoisotopic (exact) mass is 345 g/mol. The van der Waals surface area contributed by atoms with Gasteiger partial charge in [-0.1, -0.05) is 47.5 Å². The van der Waals surface area contributed by atoms with Crippen molar-refractivity contribution in [3.8, 4) is 11.5 Å². The molecule has 0 aliphatic heterocycles. The van der Waals surface area contributed by atoms with E-state index in [4.69, 9.17) is 4.84 Å². The highest BCUT2D eigenvalue weighted by molar-refractivity contribution is 6.90. The lowest BCUT2D eigenvalue weighted by molar-refractivity contribution is -0.0756. The van der Waals surface area contributed by atoms with Crippen LogP contribution in [-0.2, 0) is 4.84 Å². The molecule has 0 N–H and O–H groups in total. The molecule has 0 spiro atoms. The fourth-order valence-electron chi connectivity index (χ4n) is 3.57. The van der Waals surface area contributed by atoms with Gasteiger partial charge in [0.05, 0.1) is 7.11 Å². The highest BCUT2D eigenvalue weighted by Crippen LogP contribution is 2.40. The van der Waals surface area contributed by atoms with Gasteiger partial charge in [-0.25, -0.2) is 5.06 Å². The highest BCUT2D eigenvalue weighted by Gasteiger charge is 2.41. The molecule has 4 heteroatoms. The van der Waals surface area contributed by atoms with E-state index in [-0.39, 0.29) is 5.91 Å². The Morgan fingerprint density at radius 1 is 1.00 bits per heavy atom. The van der Waals surface area contributed by atoms with E-state index in [0.717, 1.165) is 5.56 Å². The van der Waals surface area contributed by atoms with Crippen LogP contribution in [0.5, 0.6) is 0 Å². The molecule has 1 rings (SSSR count). The Morgan fingerprint density at radius 3 is 1.83 bits per heavy atom. The largest absolute Gasteiger partial charge is 0.277 e. The SMILES string of the molecule is CON(C)C(=O)c1ccc(C#C[Si](C(C)C)(C(C)C)C(C)C)cc1. The molecule has 0 saturated carbocycles. The van der Waals surface area contributed by atoms with E-state index >= 15 is 0 Å². The average molecular weight is 346 g/mol. The second kappa shape index (κ2) is 8.50. The van der Waals surface area contributed by atoms with Gasteiger partial charge in [0.2, 0.25) is 0 Å². The molecule has 0 unspecified atom stereocenters. The van der Waals surface area contributed by atoms with E-state index in [1.54, 1.807) is 7.05 Å². The van der Waals surface area contributed by atoms with Crippen LogP contribution in [0.3, 0.4) is 0 Å². The van der Waals surface area contributed by atoms with Crippen LogP contribution < -0.4 is 0 Å². The molecule has 0 aliphatic rings. The third kappa shape index (κ3) is 4.28. The first-order valence-corrected chi connectivity index (χ1v) is 10.8. The number of benzene rings is 1. The Kier molecular flexibility index (Phi) is 7.25. The second-order valence-electron chi connectivity index (χ2n) is 7.21. The smallest absolute Gasteiger partial charge is 0.274 e. The lowest BCUT2D eigenvalue weighted by Crippen LogP contribution is -2.43. The Labute approximate surface area is 148 Å². The second-order valence-corrected chi connectivity index (χ2v) is 12.8.